The van der Waals surface area contributed by atoms with Crippen LogP contribution in [0.2, 0.25) is 0 Å². The van der Waals surface area contributed by atoms with Crippen molar-refractivity contribution in [1.29, 1.82) is 0 Å². The molecule has 0 spiro atoms. The molecule has 0 saturated carbocycles. The lowest BCUT2D eigenvalue weighted by Crippen LogP contribution is -2.12. The van der Waals surface area contributed by atoms with E-state index in [4.69, 9.17) is 25.8 Å². The Hall–Kier alpha value is -3.18. The van der Waals surface area contributed by atoms with Gasteiger partial charge in [-0.3, -0.25) is 4.79 Å². The van der Waals surface area contributed by atoms with Gasteiger partial charge in [-0.1, -0.05) is 30.3 Å². The van der Waals surface area contributed by atoms with Gasteiger partial charge in [0.2, 0.25) is 0 Å². The van der Waals surface area contributed by atoms with Gasteiger partial charge in [-0.2, -0.15) is 0 Å². The van der Waals surface area contributed by atoms with Crippen LogP contribution in [0.15, 0.2) is 72.8 Å². The van der Waals surface area contributed by atoms with E-state index >= 15 is 0 Å². The fourth-order valence-electron chi connectivity index (χ4n) is 2.66. The Kier molecular flexibility index (Phi) is 7.36. The van der Waals surface area contributed by atoms with Crippen LogP contribution >= 0.6 is 11.6 Å². The summed E-state index contributed by atoms with van der Waals surface area (Å²) in [6.07, 6.45) is 0. The number of amides is 1. The van der Waals surface area contributed by atoms with Gasteiger partial charge in [0.05, 0.1) is 13.0 Å². The summed E-state index contributed by atoms with van der Waals surface area (Å²) in [7, 11) is 1.53. The van der Waals surface area contributed by atoms with Gasteiger partial charge >= 0.3 is 0 Å². The number of ether oxygens (including phenoxy) is 3. The number of nitrogens with one attached hydrogen (secondary N) is 1. The number of alkyl halides is 1. The van der Waals surface area contributed by atoms with Gasteiger partial charge in [0.15, 0.2) is 11.5 Å². The molecule has 0 aromatic heterocycles. The number of benzene rings is 3. The van der Waals surface area contributed by atoms with Crippen LogP contribution in [0.4, 0.5) is 5.69 Å². The quantitative estimate of drug-likeness (QED) is 0.495. The number of rotatable bonds is 9. The van der Waals surface area contributed by atoms with E-state index in [1.165, 1.54) is 7.11 Å². The molecule has 6 heteroatoms. The lowest BCUT2D eigenvalue weighted by molar-refractivity contribution is 0.102. The number of hydrogen-bond acceptors (Lipinski definition) is 4. The second-order valence-corrected chi connectivity index (χ2v) is 6.53. The van der Waals surface area contributed by atoms with Crippen molar-refractivity contribution in [3.63, 3.8) is 0 Å². The maximum absolute atomic E-state index is 12.5. The third kappa shape index (κ3) is 5.90. The molecule has 0 saturated heterocycles. The van der Waals surface area contributed by atoms with Crippen molar-refractivity contribution < 1.29 is 19.0 Å². The Labute approximate surface area is 175 Å². The molecule has 0 aliphatic rings. The maximum Gasteiger partial charge on any atom is 0.255 e. The molecule has 5 nitrogen and oxygen atoms in total. The first-order valence-corrected chi connectivity index (χ1v) is 9.68. The Balaban J connectivity index is 1.60. The number of anilines is 1. The minimum Gasteiger partial charge on any atom is -0.493 e. The van der Waals surface area contributed by atoms with Crippen LogP contribution in [0.3, 0.4) is 0 Å². The Morgan fingerprint density at radius 2 is 1.69 bits per heavy atom. The van der Waals surface area contributed by atoms with Crippen LogP contribution < -0.4 is 19.5 Å². The molecule has 3 rings (SSSR count). The van der Waals surface area contributed by atoms with Crippen LogP contribution in [0.5, 0.6) is 17.2 Å². The Morgan fingerprint density at radius 3 is 2.38 bits per heavy atom. The smallest absolute Gasteiger partial charge is 0.255 e. The van der Waals surface area contributed by atoms with Gasteiger partial charge in [-0.25, -0.2) is 0 Å². The summed E-state index contributed by atoms with van der Waals surface area (Å²) in [5.41, 5.74) is 2.23. The molecular weight excluding hydrogens is 390 g/mol. The standard InChI is InChI=1S/C23H22ClNO4/c1-27-22-15-18(7-12-21(22)28-14-13-24)23(26)25-19-8-10-20(11-9-19)29-16-17-5-3-2-4-6-17/h2-12,15H,13-14,16H2,1H3,(H,25,26). The fraction of sp³-hybridized carbons (Fsp3) is 0.174. The van der Waals surface area contributed by atoms with Crippen LogP contribution in [0, 0.1) is 0 Å². The molecule has 3 aromatic carbocycles. The Bertz CT molecular complexity index is 929. The maximum atomic E-state index is 12.5. The predicted molar refractivity (Wildman–Crippen MR) is 114 cm³/mol. The molecule has 0 fully saturated rings. The number of halogens is 1. The molecule has 0 unspecified atom stereocenters. The highest BCUT2D eigenvalue weighted by atomic mass is 35.5. The molecule has 1 amide bonds. The van der Waals surface area contributed by atoms with Crippen LogP contribution in [0.25, 0.3) is 0 Å². The molecule has 0 bridgehead atoms. The van der Waals surface area contributed by atoms with Crippen LogP contribution in [-0.4, -0.2) is 25.5 Å². The first-order chi connectivity index (χ1) is 14.2. The highest BCUT2D eigenvalue weighted by molar-refractivity contribution is 6.18. The zero-order valence-electron chi connectivity index (χ0n) is 16.1. The second-order valence-electron chi connectivity index (χ2n) is 6.16. The minimum absolute atomic E-state index is 0.245. The molecule has 0 aliphatic carbocycles. The Morgan fingerprint density at radius 1 is 0.931 bits per heavy atom. The number of methoxy groups -OCH3 is 1. The number of carbonyl (C=O) groups excluding carboxylic acids is 1. The third-order valence-corrected chi connectivity index (χ3v) is 4.28. The van der Waals surface area contributed by atoms with Gasteiger partial charge in [-0.15, -0.1) is 11.6 Å². The van der Waals surface area contributed by atoms with Crippen molar-refractivity contribution in [2.75, 3.05) is 24.9 Å². The number of hydrogen-bond donors (Lipinski definition) is 1. The zero-order valence-corrected chi connectivity index (χ0v) is 16.8. The predicted octanol–water partition coefficient (Wildman–Crippen LogP) is 5.14. The van der Waals surface area contributed by atoms with E-state index in [1.54, 1.807) is 30.3 Å². The van der Waals surface area contributed by atoms with Gasteiger partial charge < -0.3 is 19.5 Å². The van der Waals surface area contributed by atoms with E-state index in [0.717, 1.165) is 11.3 Å². The summed E-state index contributed by atoms with van der Waals surface area (Å²) >= 11 is 5.64. The molecule has 3 aromatic rings. The van der Waals surface area contributed by atoms with Crippen LogP contribution in [0.1, 0.15) is 15.9 Å². The summed E-state index contributed by atoms with van der Waals surface area (Å²) in [4.78, 5) is 12.5. The third-order valence-electron chi connectivity index (χ3n) is 4.12. The summed E-state index contributed by atoms with van der Waals surface area (Å²) < 4.78 is 16.6. The lowest BCUT2D eigenvalue weighted by atomic mass is 10.2. The lowest BCUT2D eigenvalue weighted by Gasteiger charge is -2.12. The summed E-state index contributed by atoms with van der Waals surface area (Å²) in [6.45, 7) is 0.854. The van der Waals surface area contributed by atoms with Crippen molar-refractivity contribution in [2.45, 2.75) is 6.61 Å². The van der Waals surface area contributed by atoms with Crippen molar-refractivity contribution in [1.82, 2.24) is 0 Å². The zero-order chi connectivity index (χ0) is 20.5. The molecule has 29 heavy (non-hydrogen) atoms. The summed E-state index contributed by atoms with van der Waals surface area (Å²) in [5, 5.41) is 2.86. The average molecular weight is 412 g/mol. The van der Waals surface area contributed by atoms with Crippen molar-refractivity contribution >= 4 is 23.2 Å². The fourth-order valence-corrected chi connectivity index (χ4v) is 2.73. The molecular formula is C23H22ClNO4. The van der Waals surface area contributed by atoms with E-state index in [0.29, 0.717) is 41.8 Å². The van der Waals surface area contributed by atoms with Crippen molar-refractivity contribution in [2.24, 2.45) is 0 Å². The van der Waals surface area contributed by atoms with E-state index in [1.807, 2.05) is 42.5 Å². The van der Waals surface area contributed by atoms with E-state index in [2.05, 4.69) is 5.32 Å². The van der Waals surface area contributed by atoms with Crippen LogP contribution in [-0.2, 0) is 6.61 Å². The monoisotopic (exact) mass is 411 g/mol. The largest absolute Gasteiger partial charge is 0.493 e. The van der Waals surface area contributed by atoms with Crippen molar-refractivity contribution in [3.05, 3.63) is 83.9 Å². The highest BCUT2D eigenvalue weighted by Crippen LogP contribution is 2.28. The van der Waals surface area contributed by atoms with Crippen molar-refractivity contribution in [3.8, 4) is 17.2 Å². The molecule has 0 heterocycles. The minimum atomic E-state index is -0.245. The molecule has 1 N–H and O–H groups in total. The normalized spacial score (nSPS) is 10.3. The molecule has 0 radical (unpaired) electrons. The average Bonchev–Trinajstić information content (AvgIpc) is 2.77. The first kappa shape index (κ1) is 20.6. The van der Waals surface area contributed by atoms with Gasteiger partial charge in [0.25, 0.3) is 5.91 Å². The second kappa shape index (κ2) is 10.4. The SMILES string of the molecule is COc1cc(C(=O)Nc2ccc(OCc3ccccc3)cc2)ccc1OCCCl. The van der Waals surface area contributed by atoms with E-state index in [9.17, 15) is 4.79 Å². The molecule has 150 valence electrons. The first-order valence-electron chi connectivity index (χ1n) is 9.14. The van der Waals surface area contributed by atoms with Gasteiger partial charge in [0.1, 0.15) is 19.0 Å². The van der Waals surface area contributed by atoms with Gasteiger partial charge in [-0.05, 0) is 48.0 Å². The summed E-state index contributed by atoms with van der Waals surface area (Å²) in [5.74, 6) is 1.88. The topological polar surface area (TPSA) is 56.8 Å². The van der Waals surface area contributed by atoms with E-state index in [-0.39, 0.29) is 5.91 Å². The van der Waals surface area contributed by atoms with E-state index < -0.39 is 0 Å². The number of carbonyl (C=O) groups is 1. The van der Waals surface area contributed by atoms with Gasteiger partial charge in [0, 0.05) is 11.3 Å². The summed E-state index contributed by atoms with van der Waals surface area (Å²) in [6, 6.07) is 22.2. The molecule has 0 aliphatic heterocycles. The molecule has 0 atom stereocenters. The highest BCUT2D eigenvalue weighted by Gasteiger charge is 2.11.